The van der Waals surface area contributed by atoms with Crippen LogP contribution in [0.25, 0.3) is 0 Å². The van der Waals surface area contributed by atoms with Gasteiger partial charge in [-0.15, -0.1) is 0 Å². The number of methoxy groups -OCH3 is 1. The summed E-state index contributed by atoms with van der Waals surface area (Å²) in [5.74, 6) is -0.842. The molecule has 0 aliphatic carbocycles. The molecule has 2 aromatic rings. The number of hydrogen-bond acceptors (Lipinski definition) is 3. The third-order valence-corrected chi connectivity index (χ3v) is 2.86. The summed E-state index contributed by atoms with van der Waals surface area (Å²) in [5, 5.41) is 0. The minimum absolute atomic E-state index is 0.238. The highest BCUT2D eigenvalue weighted by Crippen LogP contribution is 2.21. The second kappa shape index (κ2) is 6.34. The van der Waals surface area contributed by atoms with E-state index in [1.165, 1.54) is 6.07 Å². The van der Waals surface area contributed by atoms with E-state index in [0.29, 0.717) is 12.3 Å². The van der Waals surface area contributed by atoms with Crippen LogP contribution in [0.3, 0.4) is 0 Å². The van der Waals surface area contributed by atoms with E-state index in [0.717, 1.165) is 23.3 Å². The highest BCUT2D eigenvalue weighted by atomic mass is 19.2. The maximum atomic E-state index is 13.0. The molecule has 0 amide bonds. The second-order valence-corrected chi connectivity index (χ2v) is 4.21. The molecule has 2 aromatic carbocycles. The summed E-state index contributed by atoms with van der Waals surface area (Å²) in [4.78, 5) is 0. The molecule has 2 N–H and O–H groups in total. The normalized spacial score (nSPS) is 10.4. The predicted molar refractivity (Wildman–Crippen MR) is 71.6 cm³/mol. The third-order valence-electron chi connectivity index (χ3n) is 2.86. The van der Waals surface area contributed by atoms with E-state index >= 15 is 0 Å². The van der Waals surface area contributed by atoms with E-state index < -0.39 is 11.6 Å². The van der Waals surface area contributed by atoms with Crippen LogP contribution in [0.15, 0.2) is 36.4 Å². The first-order chi connectivity index (χ1) is 9.63. The maximum absolute atomic E-state index is 13.0. The first-order valence-corrected chi connectivity index (χ1v) is 6.07. The van der Waals surface area contributed by atoms with Crippen LogP contribution in [0.4, 0.5) is 8.78 Å². The van der Waals surface area contributed by atoms with Gasteiger partial charge in [0.2, 0.25) is 0 Å². The first kappa shape index (κ1) is 14.3. The van der Waals surface area contributed by atoms with Crippen molar-refractivity contribution in [2.45, 2.75) is 13.2 Å². The topological polar surface area (TPSA) is 44.5 Å². The van der Waals surface area contributed by atoms with Gasteiger partial charge in [-0.25, -0.2) is 8.78 Å². The molecule has 0 saturated heterocycles. The van der Waals surface area contributed by atoms with E-state index in [-0.39, 0.29) is 12.4 Å². The lowest BCUT2D eigenvalue weighted by molar-refractivity contribution is 0.303. The Morgan fingerprint density at radius 1 is 1.05 bits per heavy atom. The Morgan fingerprint density at radius 2 is 1.85 bits per heavy atom. The lowest BCUT2D eigenvalue weighted by Gasteiger charge is -2.10. The Hall–Kier alpha value is -2.14. The van der Waals surface area contributed by atoms with Crippen LogP contribution in [-0.4, -0.2) is 7.11 Å². The number of halogens is 2. The average Bonchev–Trinajstić information content (AvgIpc) is 2.48. The van der Waals surface area contributed by atoms with Gasteiger partial charge in [0, 0.05) is 18.2 Å². The van der Waals surface area contributed by atoms with E-state index in [1.807, 2.05) is 12.1 Å². The molecule has 0 bridgehead atoms. The molecule has 2 rings (SSSR count). The zero-order valence-corrected chi connectivity index (χ0v) is 11.0. The number of ether oxygens (including phenoxy) is 2. The second-order valence-electron chi connectivity index (χ2n) is 4.21. The van der Waals surface area contributed by atoms with Crippen LogP contribution in [0.1, 0.15) is 11.1 Å². The first-order valence-electron chi connectivity index (χ1n) is 6.07. The Morgan fingerprint density at radius 3 is 2.50 bits per heavy atom. The van der Waals surface area contributed by atoms with Crippen LogP contribution in [-0.2, 0) is 13.2 Å². The summed E-state index contributed by atoms with van der Waals surface area (Å²) >= 11 is 0. The Labute approximate surface area is 115 Å². The number of benzene rings is 2. The van der Waals surface area contributed by atoms with Gasteiger partial charge in [0.25, 0.3) is 0 Å². The van der Waals surface area contributed by atoms with Gasteiger partial charge in [0.1, 0.15) is 18.1 Å². The van der Waals surface area contributed by atoms with Gasteiger partial charge in [-0.3, -0.25) is 0 Å². The summed E-state index contributed by atoms with van der Waals surface area (Å²) in [5.41, 5.74) is 7.36. The van der Waals surface area contributed by atoms with Gasteiger partial charge in [-0.2, -0.15) is 0 Å². The van der Waals surface area contributed by atoms with Crippen LogP contribution in [0.5, 0.6) is 11.5 Å². The summed E-state index contributed by atoms with van der Waals surface area (Å²) in [6.07, 6.45) is 0. The molecule has 0 unspecified atom stereocenters. The standard InChI is InChI=1S/C15H15F2NO2/c1-19-15-5-2-10(6-11(15)8-18)9-20-12-3-4-13(16)14(17)7-12/h2-7H,8-9,18H2,1H3. The lowest BCUT2D eigenvalue weighted by Crippen LogP contribution is -2.03. The quantitative estimate of drug-likeness (QED) is 0.915. The Balaban J connectivity index is 2.08. The molecule has 0 saturated carbocycles. The highest BCUT2D eigenvalue weighted by molar-refractivity contribution is 5.37. The molecule has 0 spiro atoms. The summed E-state index contributed by atoms with van der Waals surface area (Å²) in [6.45, 7) is 0.588. The molecule has 0 aliphatic heterocycles. The van der Waals surface area contributed by atoms with E-state index in [9.17, 15) is 8.78 Å². The van der Waals surface area contributed by atoms with Crippen molar-refractivity contribution in [2.24, 2.45) is 5.73 Å². The van der Waals surface area contributed by atoms with Crippen molar-refractivity contribution in [2.75, 3.05) is 7.11 Å². The van der Waals surface area contributed by atoms with Crippen molar-refractivity contribution in [3.8, 4) is 11.5 Å². The molecular formula is C15H15F2NO2. The highest BCUT2D eigenvalue weighted by Gasteiger charge is 2.06. The van der Waals surface area contributed by atoms with E-state index in [2.05, 4.69) is 0 Å². The molecular weight excluding hydrogens is 264 g/mol. The van der Waals surface area contributed by atoms with Gasteiger partial charge in [-0.05, 0) is 29.8 Å². The van der Waals surface area contributed by atoms with Crippen molar-refractivity contribution in [1.29, 1.82) is 0 Å². The van der Waals surface area contributed by atoms with Crippen molar-refractivity contribution < 1.29 is 18.3 Å². The summed E-state index contributed by atoms with van der Waals surface area (Å²) in [7, 11) is 1.58. The van der Waals surface area contributed by atoms with Gasteiger partial charge in [0.15, 0.2) is 11.6 Å². The summed E-state index contributed by atoms with van der Waals surface area (Å²) in [6, 6.07) is 8.92. The largest absolute Gasteiger partial charge is 0.496 e. The number of nitrogens with two attached hydrogens (primary N) is 1. The molecule has 3 nitrogen and oxygen atoms in total. The third kappa shape index (κ3) is 3.24. The van der Waals surface area contributed by atoms with Gasteiger partial charge >= 0.3 is 0 Å². The minimum Gasteiger partial charge on any atom is -0.496 e. The van der Waals surface area contributed by atoms with Crippen molar-refractivity contribution in [1.82, 2.24) is 0 Å². The van der Waals surface area contributed by atoms with Gasteiger partial charge in [0.05, 0.1) is 7.11 Å². The zero-order chi connectivity index (χ0) is 14.5. The molecule has 5 heteroatoms. The molecule has 0 atom stereocenters. The molecule has 0 radical (unpaired) electrons. The smallest absolute Gasteiger partial charge is 0.162 e. The van der Waals surface area contributed by atoms with Crippen molar-refractivity contribution in [3.05, 3.63) is 59.2 Å². The van der Waals surface area contributed by atoms with Crippen molar-refractivity contribution in [3.63, 3.8) is 0 Å². The van der Waals surface area contributed by atoms with Gasteiger partial charge in [-0.1, -0.05) is 6.07 Å². The monoisotopic (exact) mass is 279 g/mol. The number of hydrogen-bond donors (Lipinski definition) is 1. The Bertz CT molecular complexity index is 602. The summed E-state index contributed by atoms with van der Waals surface area (Å²) < 4.78 is 36.4. The SMILES string of the molecule is COc1ccc(COc2ccc(F)c(F)c2)cc1CN. The Kier molecular flexibility index (Phi) is 4.53. The van der Waals surface area contributed by atoms with Crippen LogP contribution < -0.4 is 15.2 Å². The lowest BCUT2D eigenvalue weighted by atomic mass is 10.1. The maximum Gasteiger partial charge on any atom is 0.162 e. The van der Waals surface area contributed by atoms with Crippen molar-refractivity contribution >= 4 is 0 Å². The van der Waals surface area contributed by atoms with Crippen LogP contribution >= 0.6 is 0 Å². The van der Waals surface area contributed by atoms with E-state index in [1.54, 1.807) is 13.2 Å². The fourth-order valence-electron chi connectivity index (χ4n) is 1.81. The molecule has 106 valence electrons. The number of rotatable bonds is 5. The van der Waals surface area contributed by atoms with E-state index in [4.69, 9.17) is 15.2 Å². The molecule has 0 aliphatic rings. The molecule has 0 heterocycles. The van der Waals surface area contributed by atoms with Crippen LogP contribution in [0.2, 0.25) is 0 Å². The van der Waals surface area contributed by atoms with Crippen LogP contribution in [0, 0.1) is 11.6 Å². The molecule has 0 fully saturated rings. The fraction of sp³-hybridized carbons (Fsp3) is 0.200. The average molecular weight is 279 g/mol. The fourth-order valence-corrected chi connectivity index (χ4v) is 1.81. The molecule has 0 aromatic heterocycles. The predicted octanol–water partition coefficient (Wildman–Crippen LogP) is 3.01. The minimum atomic E-state index is -0.931. The zero-order valence-electron chi connectivity index (χ0n) is 11.0. The molecule has 20 heavy (non-hydrogen) atoms. The van der Waals surface area contributed by atoms with Gasteiger partial charge < -0.3 is 15.2 Å².